The van der Waals surface area contributed by atoms with Crippen molar-refractivity contribution in [2.75, 3.05) is 31.3 Å². The fourth-order valence-corrected chi connectivity index (χ4v) is 5.94. The van der Waals surface area contributed by atoms with Gasteiger partial charge in [0.2, 0.25) is 5.95 Å². The number of imidazole rings is 1. The molecule has 224 valence electrons. The summed E-state index contributed by atoms with van der Waals surface area (Å²) in [5.74, 6) is -0.614. The fourth-order valence-electron chi connectivity index (χ4n) is 4.43. The number of para-hydroxylation sites is 1. The summed E-state index contributed by atoms with van der Waals surface area (Å²) in [4.78, 5) is 27.1. The normalized spacial score (nSPS) is 24.8. The maximum atomic E-state index is 16.3. The first kappa shape index (κ1) is 30.6. The minimum atomic E-state index is -4.17. The summed E-state index contributed by atoms with van der Waals surface area (Å²) in [7, 11) is -0.602. The Bertz CT molecular complexity index is 1420. The van der Waals surface area contributed by atoms with Crippen LogP contribution in [0.1, 0.15) is 40.8 Å². The summed E-state index contributed by atoms with van der Waals surface area (Å²) in [5, 5.41) is 2.63. The van der Waals surface area contributed by atoms with Crippen LogP contribution in [0.4, 0.5) is 16.2 Å². The highest BCUT2D eigenvalue weighted by Crippen LogP contribution is 2.50. The third kappa shape index (κ3) is 6.61. The highest BCUT2D eigenvalue weighted by atomic mass is 31.2. The van der Waals surface area contributed by atoms with Gasteiger partial charge in [0, 0.05) is 20.0 Å². The Morgan fingerprint density at radius 3 is 2.59 bits per heavy atom. The first-order valence-electron chi connectivity index (χ1n) is 13.2. The summed E-state index contributed by atoms with van der Waals surface area (Å²) in [6, 6.07) is 7.33. The summed E-state index contributed by atoms with van der Waals surface area (Å²) < 4.78 is 54.5. The van der Waals surface area contributed by atoms with Crippen molar-refractivity contribution in [1.29, 1.82) is 0 Å². The average Bonchev–Trinajstić information content (AvgIpc) is 3.40. The summed E-state index contributed by atoms with van der Waals surface area (Å²) in [5.41, 5.74) is 4.76. The van der Waals surface area contributed by atoms with E-state index in [2.05, 4.69) is 20.0 Å². The van der Waals surface area contributed by atoms with Crippen molar-refractivity contribution >= 4 is 36.6 Å². The Balaban J connectivity index is 1.57. The number of hydrogen-bond acceptors (Lipinski definition) is 11. The zero-order chi connectivity index (χ0) is 30.1. The van der Waals surface area contributed by atoms with Crippen molar-refractivity contribution in [2.45, 2.75) is 64.8 Å². The van der Waals surface area contributed by atoms with Crippen LogP contribution in [0, 0.1) is 5.92 Å². The number of ether oxygens (including phenoxy) is 2. The number of nitrogens with zero attached hydrogens (tertiary/aromatic N) is 5. The lowest BCUT2D eigenvalue weighted by atomic mass is 9.90. The fraction of sp³-hybridized carbons (Fsp3) is 0.538. The van der Waals surface area contributed by atoms with Gasteiger partial charge in [-0.2, -0.15) is 15.1 Å². The van der Waals surface area contributed by atoms with Gasteiger partial charge in [0.25, 0.3) is 0 Å². The lowest BCUT2D eigenvalue weighted by Gasteiger charge is -2.26. The van der Waals surface area contributed by atoms with Gasteiger partial charge in [-0.05, 0) is 39.8 Å². The third-order valence-corrected chi connectivity index (χ3v) is 8.41. The van der Waals surface area contributed by atoms with E-state index in [4.69, 9.17) is 24.3 Å². The van der Waals surface area contributed by atoms with Gasteiger partial charge in [-0.3, -0.25) is 13.9 Å². The smallest absolute Gasteiger partial charge is 0.459 e. The number of nitrogens with two attached hydrogens (primary N) is 1. The van der Waals surface area contributed by atoms with Gasteiger partial charge >= 0.3 is 13.7 Å². The largest absolute Gasteiger partial charge is 0.462 e. The maximum Gasteiger partial charge on any atom is 0.459 e. The molecule has 1 saturated heterocycles. The van der Waals surface area contributed by atoms with E-state index in [0.717, 1.165) is 0 Å². The van der Waals surface area contributed by atoms with Crippen molar-refractivity contribution < 1.29 is 32.3 Å². The highest BCUT2D eigenvalue weighted by Gasteiger charge is 2.54. The van der Waals surface area contributed by atoms with Crippen LogP contribution in [0.2, 0.25) is 0 Å². The van der Waals surface area contributed by atoms with Crippen LogP contribution >= 0.6 is 7.75 Å². The van der Waals surface area contributed by atoms with Crippen LogP contribution in [0.25, 0.3) is 11.2 Å². The third-order valence-electron chi connectivity index (χ3n) is 6.77. The molecule has 3 N–H and O–H groups in total. The molecule has 0 amide bonds. The Kier molecular flexibility index (Phi) is 8.88. The van der Waals surface area contributed by atoms with E-state index in [-0.39, 0.29) is 24.4 Å². The van der Waals surface area contributed by atoms with E-state index in [1.54, 1.807) is 70.1 Å². The topological polar surface area (TPSA) is 156 Å². The molecule has 1 fully saturated rings. The number of nitrogens with one attached hydrogen (secondary N) is 1. The number of fused-ring (bicyclic) bond motifs is 1. The van der Waals surface area contributed by atoms with Crippen molar-refractivity contribution in [3.8, 4) is 5.75 Å². The van der Waals surface area contributed by atoms with Crippen molar-refractivity contribution in [2.24, 2.45) is 5.92 Å². The number of anilines is 2. The number of carbonyl (C=O) groups is 1. The second-order valence-corrected chi connectivity index (χ2v) is 12.3. The van der Waals surface area contributed by atoms with E-state index >= 15 is 4.39 Å². The Morgan fingerprint density at radius 2 is 1.95 bits per heavy atom. The molecule has 1 aliphatic rings. The summed E-state index contributed by atoms with van der Waals surface area (Å²) in [6.45, 7) is 7.66. The lowest BCUT2D eigenvalue weighted by molar-refractivity contribution is -0.149. The van der Waals surface area contributed by atoms with E-state index in [1.807, 2.05) is 0 Å². The highest BCUT2D eigenvalue weighted by molar-refractivity contribution is 7.52. The zero-order valence-corrected chi connectivity index (χ0v) is 25.0. The molecule has 1 aromatic carbocycles. The number of alkyl halides is 1. The van der Waals surface area contributed by atoms with Crippen molar-refractivity contribution in [3.63, 3.8) is 0 Å². The van der Waals surface area contributed by atoms with Crippen LogP contribution < -0.4 is 20.2 Å². The first-order chi connectivity index (χ1) is 19.2. The number of aromatic nitrogens is 4. The predicted molar refractivity (Wildman–Crippen MR) is 151 cm³/mol. The molecular formula is C26H37FN7O6P. The van der Waals surface area contributed by atoms with Gasteiger partial charge in [-0.15, -0.1) is 0 Å². The molecule has 0 aliphatic carbocycles. The zero-order valence-electron chi connectivity index (χ0n) is 24.1. The molecule has 3 heterocycles. The Hall–Kier alpha value is -3.32. The molecule has 0 unspecified atom stereocenters. The van der Waals surface area contributed by atoms with Gasteiger partial charge < -0.3 is 24.6 Å². The van der Waals surface area contributed by atoms with Gasteiger partial charge in [0.15, 0.2) is 28.9 Å². The molecule has 1 aliphatic heterocycles. The van der Waals surface area contributed by atoms with E-state index < -0.39 is 43.7 Å². The van der Waals surface area contributed by atoms with E-state index in [1.165, 1.54) is 24.7 Å². The Morgan fingerprint density at radius 1 is 1.27 bits per heavy atom. The predicted octanol–water partition coefficient (Wildman–Crippen LogP) is 3.87. The molecule has 6 atom stereocenters. The SMILES string of the molecule is CC(C)OC(=O)[C@H](C)N[P@](=O)(OC[C@H]1O[C@@H](n2cnc3c(N(C)C)nc(N)nc32)[C@](C)(F)[C@@H]1C)Oc1ccccc1. The van der Waals surface area contributed by atoms with Crippen LogP contribution in [0.5, 0.6) is 5.75 Å². The minimum Gasteiger partial charge on any atom is -0.462 e. The number of benzene rings is 1. The van der Waals surface area contributed by atoms with Crippen LogP contribution in [-0.2, 0) is 23.4 Å². The van der Waals surface area contributed by atoms with Crippen LogP contribution in [-0.4, -0.2) is 70.1 Å². The monoisotopic (exact) mass is 593 g/mol. The molecule has 3 aromatic rings. The number of carbonyl (C=O) groups excluding carboxylic acids is 1. The van der Waals surface area contributed by atoms with Gasteiger partial charge in [-0.25, -0.2) is 13.9 Å². The molecule has 2 aromatic heterocycles. The molecule has 41 heavy (non-hydrogen) atoms. The molecule has 0 bridgehead atoms. The molecule has 13 nitrogen and oxygen atoms in total. The second kappa shape index (κ2) is 11.9. The molecule has 4 rings (SSSR count). The number of nitrogen functional groups attached to an aromatic ring is 1. The summed E-state index contributed by atoms with van der Waals surface area (Å²) >= 11 is 0. The number of hydrogen-bond donors (Lipinski definition) is 2. The molecule has 15 heteroatoms. The molecular weight excluding hydrogens is 556 g/mol. The molecule has 0 radical (unpaired) electrons. The Labute approximate surface area is 238 Å². The maximum absolute atomic E-state index is 16.3. The average molecular weight is 594 g/mol. The van der Waals surface area contributed by atoms with E-state index in [0.29, 0.717) is 17.0 Å². The number of halogens is 1. The van der Waals surface area contributed by atoms with Crippen molar-refractivity contribution in [1.82, 2.24) is 24.6 Å². The van der Waals surface area contributed by atoms with E-state index in [9.17, 15) is 9.36 Å². The lowest BCUT2D eigenvalue weighted by Crippen LogP contribution is -2.37. The quantitative estimate of drug-likeness (QED) is 0.245. The molecule has 0 spiro atoms. The van der Waals surface area contributed by atoms with Gasteiger partial charge in [-0.1, -0.05) is 25.1 Å². The first-order valence-corrected chi connectivity index (χ1v) is 14.8. The minimum absolute atomic E-state index is 0.00428. The summed E-state index contributed by atoms with van der Waals surface area (Å²) in [6.07, 6.45) is -0.949. The van der Waals surface area contributed by atoms with Gasteiger partial charge in [0.05, 0.1) is 25.1 Å². The van der Waals surface area contributed by atoms with Gasteiger partial charge in [0.1, 0.15) is 11.8 Å². The van der Waals surface area contributed by atoms with Crippen molar-refractivity contribution in [3.05, 3.63) is 36.7 Å². The molecule has 0 saturated carbocycles. The second-order valence-electron chi connectivity index (χ2n) is 10.6. The standard InChI is InChI=1S/C26H37FN7O6P/c1-15(2)38-23(35)17(4)32-41(36,40-18-11-9-8-10-12-18)37-13-19-16(3)26(5,27)24(39-19)34-14-29-20-21(33(6)7)30-25(28)31-22(20)34/h8-12,14-17,19,24H,13H2,1-7H3,(H,32,36)(H2,28,30,31)/t16-,17+,19-,24-,26-,41+/m1/s1. The number of esters is 1. The van der Waals surface area contributed by atoms with Crippen LogP contribution in [0.3, 0.4) is 0 Å². The number of rotatable bonds is 11. The van der Waals surface area contributed by atoms with Crippen LogP contribution in [0.15, 0.2) is 36.7 Å².